The topological polar surface area (TPSA) is 57.4 Å². The average molecular weight is 615 g/mol. The fourth-order valence-corrected chi connectivity index (χ4v) is 6.30. The third-order valence-corrected chi connectivity index (χ3v) is 10.0. The SMILES string of the molecule is CC=C(C)C1CC(OC2=CC=C(c3nnc(C4=CC=C(C(C)(C)CC)CC(C)(C)C4)o3)CC(C)(C)C2)=CC=C1OC(C)(C)CC. The monoisotopic (exact) mass is 614 g/mol. The Morgan fingerprint density at radius 2 is 1.40 bits per heavy atom. The Morgan fingerprint density at radius 1 is 0.822 bits per heavy atom. The molecule has 0 spiro atoms. The summed E-state index contributed by atoms with van der Waals surface area (Å²) in [6, 6.07) is 0. The van der Waals surface area contributed by atoms with E-state index >= 15 is 0 Å². The molecule has 5 nitrogen and oxygen atoms in total. The van der Waals surface area contributed by atoms with Crippen molar-refractivity contribution in [3.05, 3.63) is 82.7 Å². The maximum atomic E-state index is 6.61. The molecule has 0 aliphatic heterocycles. The van der Waals surface area contributed by atoms with E-state index in [0.29, 0.717) is 11.8 Å². The maximum Gasteiger partial charge on any atom is 0.244 e. The van der Waals surface area contributed by atoms with Crippen LogP contribution in [0.15, 0.2) is 75.4 Å². The van der Waals surface area contributed by atoms with E-state index in [1.807, 2.05) is 0 Å². The molecule has 0 radical (unpaired) electrons. The van der Waals surface area contributed by atoms with E-state index in [-0.39, 0.29) is 27.8 Å². The molecule has 0 saturated carbocycles. The predicted molar refractivity (Wildman–Crippen MR) is 187 cm³/mol. The molecule has 0 N–H and O–H groups in total. The first-order valence-electron chi connectivity index (χ1n) is 17.0. The van der Waals surface area contributed by atoms with Crippen molar-refractivity contribution in [1.29, 1.82) is 0 Å². The largest absolute Gasteiger partial charge is 0.492 e. The Kier molecular flexibility index (Phi) is 10.3. The van der Waals surface area contributed by atoms with Gasteiger partial charge in [0.2, 0.25) is 11.8 Å². The molecular formula is C40H58N2O3. The summed E-state index contributed by atoms with van der Waals surface area (Å²) in [6.07, 6.45) is 21.5. The third kappa shape index (κ3) is 8.80. The zero-order chi connectivity index (χ0) is 33.2. The molecule has 0 aromatic carbocycles. The second-order valence-corrected chi connectivity index (χ2v) is 16.2. The van der Waals surface area contributed by atoms with Crippen molar-refractivity contribution < 1.29 is 13.9 Å². The molecule has 1 atom stereocenters. The van der Waals surface area contributed by atoms with E-state index in [2.05, 4.69) is 136 Å². The highest BCUT2D eigenvalue weighted by atomic mass is 16.5. The molecule has 1 aromatic rings. The van der Waals surface area contributed by atoms with Gasteiger partial charge in [0, 0.05) is 29.9 Å². The fourth-order valence-electron chi connectivity index (χ4n) is 6.30. The summed E-state index contributed by atoms with van der Waals surface area (Å²) in [6.45, 7) is 26.9. The number of allylic oxidation sites excluding steroid dienone is 13. The van der Waals surface area contributed by atoms with Crippen molar-refractivity contribution in [3.63, 3.8) is 0 Å². The molecule has 0 saturated heterocycles. The van der Waals surface area contributed by atoms with Gasteiger partial charge in [-0.3, -0.25) is 0 Å². The van der Waals surface area contributed by atoms with E-state index < -0.39 is 0 Å². The summed E-state index contributed by atoms with van der Waals surface area (Å²) in [5.41, 5.74) is 4.97. The van der Waals surface area contributed by atoms with Gasteiger partial charge >= 0.3 is 0 Å². The Hall–Kier alpha value is -3.08. The van der Waals surface area contributed by atoms with Gasteiger partial charge in [0.05, 0.1) is 0 Å². The van der Waals surface area contributed by atoms with Gasteiger partial charge in [-0.05, 0) is 94.3 Å². The normalized spacial score (nSPS) is 22.6. The Morgan fingerprint density at radius 3 is 1.98 bits per heavy atom. The van der Waals surface area contributed by atoms with Crippen molar-refractivity contribution in [2.24, 2.45) is 22.2 Å². The van der Waals surface area contributed by atoms with Crippen LogP contribution in [0.4, 0.5) is 0 Å². The number of hydrogen-bond acceptors (Lipinski definition) is 5. The van der Waals surface area contributed by atoms with Crippen LogP contribution in [-0.4, -0.2) is 15.8 Å². The number of ether oxygens (including phenoxy) is 2. The van der Waals surface area contributed by atoms with Crippen molar-refractivity contribution in [2.45, 2.75) is 134 Å². The van der Waals surface area contributed by atoms with Crippen LogP contribution in [0, 0.1) is 22.2 Å². The minimum absolute atomic E-state index is 0.0428. The highest BCUT2D eigenvalue weighted by Gasteiger charge is 2.33. The first kappa shape index (κ1) is 34.8. The zero-order valence-electron chi connectivity index (χ0n) is 30.2. The maximum absolute atomic E-state index is 6.61. The quantitative estimate of drug-likeness (QED) is 0.245. The molecule has 246 valence electrons. The summed E-state index contributed by atoms with van der Waals surface area (Å²) < 4.78 is 19.5. The first-order valence-corrected chi connectivity index (χ1v) is 17.0. The molecule has 0 amide bonds. The molecule has 45 heavy (non-hydrogen) atoms. The molecule has 5 heteroatoms. The molecule has 3 aliphatic carbocycles. The van der Waals surface area contributed by atoms with Crippen molar-refractivity contribution >= 4 is 11.1 Å². The lowest BCUT2D eigenvalue weighted by Gasteiger charge is -2.33. The van der Waals surface area contributed by atoms with Gasteiger partial charge in [0.1, 0.15) is 22.9 Å². The van der Waals surface area contributed by atoms with Crippen LogP contribution >= 0.6 is 0 Å². The van der Waals surface area contributed by atoms with Gasteiger partial charge in [-0.25, -0.2) is 0 Å². The standard InChI is InChI=1S/C40H58N2O3/c1-13-27(4)33-22-31(20-21-34(33)45-40(11,12)15-3)43-32-19-17-29(24-38(7,8)26-32)36-42-41-35(44-36)28-16-18-30(39(9,10)14-2)25-37(5,6)23-28/h13,16-21,33H,14-15,22-26H2,1-12H3. The lowest BCUT2D eigenvalue weighted by atomic mass is 9.73. The highest BCUT2D eigenvalue weighted by molar-refractivity contribution is 5.65. The molecule has 1 heterocycles. The predicted octanol–water partition coefficient (Wildman–Crippen LogP) is 11.7. The Labute approximate surface area is 273 Å². The summed E-state index contributed by atoms with van der Waals surface area (Å²) in [7, 11) is 0. The second-order valence-electron chi connectivity index (χ2n) is 16.2. The van der Waals surface area contributed by atoms with E-state index in [4.69, 9.17) is 13.9 Å². The molecule has 0 bridgehead atoms. The van der Waals surface area contributed by atoms with Crippen LogP contribution in [0.2, 0.25) is 0 Å². The van der Waals surface area contributed by atoms with Crippen LogP contribution in [0.3, 0.4) is 0 Å². The minimum Gasteiger partial charge on any atom is -0.492 e. The summed E-state index contributed by atoms with van der Waals surface area (Å²) in [4.78, 5) is 0. The van der Waals surface area contributed by atoms with E-state index in [1.54, 1.807) is 0 Å². The molecule has 4 rings (SSSR count). The molecule has 1 aromatic heterocycles. The Bertz CT molecular complexity index is 1470. The second kappa shape index (κ2) is 13.3. The lowest BCUT2D eigenvalue weighted by molar-refractivity contribution is 0.0163. The average Bonchev–Trinajstić information content (AvgIpc) is 3.33. The molecule has 3 aliphatic rings. The lowest BCUT2D eigenvalue weighted by Crippen LogP contribution is -2.27. The van der Waals surface area contributed by atoms with Gasteiger partial charge < -0.3 is 13.9 Å². The van der Waals surface area contributed by atoms with Gasteiger partial charge in [-0.2, -0.15) is 0 Å². The first-order chi connectivity index (χ1) is 21.0. The summed E-state index contributed by atoms with van der Waals surface area (Å²) in [5, 5.41) is 9.10. The van der Waals surface area contributed by atoms with Crippen molar-refractivity contribution in [2.75, 3.05) is 0 Å². The molecular weight excluding hydrogens is 556 g/mol. The van der Waals surface area contributed by atoms with Crippen LogP contribution < -0.4 is 0 Å². The van der Waals surface area contributed by atoms with Gasteiger partial charge in [0.15, 0.2) is 0 Å². The number of aromatic nitrogens is 2. The van der Waals surface area contributed by atoms with Crippen molar-refractivity contribution in [3.8, 4) is 0 Å². The molecule has 0 fully saturated rings. The van der Waals surface area contributed by atoms with Crippen LogP contribution in [0.1, 0.15) is 140 Å². The number of rotatable bonds is 10. The van der Waals surface area contributed by atoms with Gasteiger partial charge in [-0.15, -0.1) is 10.2 Å². The summed E-state index contributed by atoms with van der Waals surface area (Å²) >= 11 is 0. The van der Waals surface area contributed by atoms with Crippen molar-refractivity contribution in [1.82, 2.24) is 10.2 Å². The number of hydrogen-bond donors (Lipinski definition) is 0. The van der Waals surface area contributed by atoms with Crippen LogP contribution in [-0.2, 0) is 9.47 Å². The highest BCUT2D eigenvalue weighted by Crippen LogP contribution is 2.46. The molecule has 1 unspecified atom stereocenters. The van der Waals surface area contributed by atoms with Gasteiger partial charge in [0.25, 0.3) is 0 Å². The summed E-state index contributed by atoms with van der Waals surface area (Å²) in [5.74, 6) is 4.33. The zero-order valence-corrected chi connectivity index (χ0v) is 30.2. The van der Waals surface area contributed by atoms with E-state index in [9.17, 15) is 0 Å². The smallest absolute Gasteiger partial charge is 0.244 e. The minimum atomic E-state index is -0.206. The van der Waals surface area contributed by atoms with Crippen LogP contribution in [0.5, 0.6) is 0 Å². The third-order valence-electron chi connectivity index (χ3n) is 10.0. The van der Waals surface area contributed by atoms with E-state index in [0.717, 1.165) is 73.4 Å². The number of nitrogens with zero attached hydrogens (tertiary/aromatic N) is 2. The van der Waals surface area contributed by atoms with E-state index in [1.165, 1.54) is 11.1 Å². The fraction of sp³-hybridized carbons (Fsp3) is 0.600. The van der Waals surface area contributed by atoms with Gasteiger partial charge in [-0.1, -0.05) is 90.8 Å². The van der Waals surface area contributed by atoms with Crippen LogP contribution in [0.25, 0.3) is 11.1 Å². The Balaban J connectivity index is 1.58.